The van der Waals surface area contributed by atoms with Crippen LogP contribution in [0.15, 0.2) is 0 Å². The van der Waals surface area contributed by atoms with Gasteiger partial charge in [-0.15, -0.1) is 0 Å². The Balaban J connectivity index is 2.06. The lowest BCUT2D eigenvalue weighted by molar-refractivity contribution is 0.235. The second kappa shape index (κ2) is 7.29. The predicted octanol–water partition coefficient (Wildman–Crippen LogP) is 2.74. The summed E-state index contributed by atoms with van der Waals surface area (Å²) in [7, 11) is 2.20. The van der Waals surface area contributed by atoms with Crippen LogP contribution in [0, 0.1) is 11.8 Å². The molecule has 2 atom stereocenters. The minimum atomic E-state index is 0.662. The molecule has 0 saturated heterocycles. The fraction of sp³-hybridized carbons (Fsp3) is 1.00. The van der Waals surface area contributed by atoms with Crippen LogP contribution in [-0.2, 0) is 0 Å². The molecule has 0 aliphatic heterocycles. The zero-order chi connectivity index (χ0) is 12.0. The largest absolute Gasteiger partial charge is 0.315 e. The second-order valence-corrected chi connectivity index (χ2v) is 5.80. The minimum absolute atomic E-state index is 0.662. The minimum Gasteiger partial charge on any atom is -0.315 e. The third-order valence-corrected chi connectivity index (χ3v) is 4.22. The summed E-state index contributed by atoms with van der Waals surface area (Å²) in [4.78, 5) is 2.40. The molecule has 2 unspecified atom stereocenters. The Labute approximate surface area is 102 Å². The highest BCUT2D eigenvalue weighted by molar-refractivity contribution is 4.74. The van der Waals surface area contributed by atoms with Gasteiger partial charge < -0.3 is 10.2 Å². The van der Waals surface area contributed by atoms with E-state index in [0.29, 0.717) is 6.04 Å². The van der Waals surface area contributed by atoms with Crippen molar-refractivity contribution >= 4 is 0 Å². The average molecular weight is 226 g/mol. The van der Waals surface area contributed by atoms with Crippen molar-refractivity contribution in [3.05, 3.63) is 0 Å². The van der Waals surface area contributed by atoms with E-state index < -0.39 is 0 Å². The second-order valence-electron chi connectivity index (χ2n) is 5.80. The highest BCUT2D eigenvalue weighted by Gasteiger charge is 2.20. The third kappa shape index (κ3) is 4.84. The Kier molecular flexibility index (Phi) is 6.37. The molecular formula is C14H30N2. The fourth-order valence-corrected chi connectivity index (χ4v) is 2.50. The number of likely N-dealkylation sites (N-methyl/N-ethyl adjacent to an activating group) is 1. The van der Waals surface area contributed by atoms with E-state index in [1.165, 1.54) is 38.8 Å². The summed E-state index contributed by atoms with van der Waals surface area (Å²) in [6, 6.07) is 0.662. The lowest BCUT2D eigenvalue weighted by Crippen LogP contribution is -2.36. The first kappa shape index (κ1) is 14.0. The molecule has 0 heterocycles. The quantitative estimate of drug-likeness (QED) is 0.701. The van der Waals surface area contributed by atoms with Gasteiger partial charge >= 0.3 is 0 Å². The summed E-state index contributed by atoms with van der Waals surface area (Å²) in [6.45, 7) is 10.5. The molecule has 0 amide bonds. The Morgan fingerprint density at radius 2 is 1.94 bits per heavy atom. The van der Waals surface area contributed by atoms with E-state index in [-0.39, 0.29) is 0 Å². The lowest BCUT2D eigenvalue weighted by atomic mass is 9.80. The molecule has 1 saturated carbocycles. The van der Waals surface area contributed by atoms with E-state index in [1.54, 1.807) is 0 Å². The summed E-state index contributed by atoms with van der Waals surface area (Å²) in [5.74, 6) is 1.86. The van der Waals surface area contributed by atoms with E-state index in [0.717, 1.165) is 18.4 Å². The number of rotatable bonds is 6. The van der Waals surface area contributed by atoms with Gasteiger partial charge in [-0.25, -0.2) is 0 Å². The Morgan fingerprint density at radius 1 is 1.25 bits per heavy atom. The monoisotopic (exact) mass is 226 g/mol. The maximum Gasteiger partial charge on any atom is 0.0106 e. The predicted molar refractivity (Wildman–Crippen MR) is 71.8 cm³/mol. The van der Waals surface area contributed by atoms with Crippen LogP contribution in [0.4, 0.5) is 0 Å². The Hall–Kier alpha value is -0.0800. The number of nitrogens with one attached hydrogen (secondary N) is 1. The fourth-order valence-electron chi connectivity index (χ4n) is 2.50. The van der Waals surface area contributed by atoms with E-state index in [2.05, 4.69) is 38.0 Å². The van der Waals surface area contributed by atoms with Gasteiger partial charge in [-0.2, -0.15) is 0 Å². The standard InChI is InChI=1S/C14H30N2/c1-12(2)16(4)10-9-15-11-14-8-6-5-7-13(14)3/h12-15H,5-11H2,1-4H3. The van der Waals surface area contributed by atoms with Crippen LogP contribution in [0.5, 0.6) is 0 Å². The maximum absolute atomic E-state index is 3.63. The molecule has 0 aromatic rings. The zero-order valence-electron chi connectivity index (χ0n) is 11.6. The first-order valence-corrected chi connectivity index (χ1v) is 7.02. The number of hydrogen-bond donors (Lipinski definition) is 1. The van der Waals surface area contributed by atoms with Gasteiger partial charge in [-0.1, -0.05) is 26.2 Å². The van der Waals surface area contributed by atoms with Crippen molar-refractivity contribution < 1.29 is 0 Å². The van der Waals surface area contributed by atoms with Crippen LogP contribution in [0.3, 0.4) is 0 Å². The van der Waals surface area contributed by atoms with E-state index in [4.69, 9.17) is 0 Å². The number of hydrogen-bond acceptors (Lipinski definition) is 2. The van der Waals surface area contributed by atoms with Gasteiger partial charge in [0.15, 0.2) is 0 Å². The molecule has 16 heavy (non-hydrogen) atoms. The van der Waals surface area contributed by atoms with Gasteiger partial charge in [-0.05, 0) is 45.7 Å². The van der Waals surface area contributed by atoms with Crippen LogP contribution in [0.1, 0.15) is 46.5 Å². The third-order valence-electron chi connectivity index (χ3n) is 4.22. The van der Waals surface area contributed by atoms with Crippen molar-refractivity contribution in [1.82, 2.24) is 10.2 Å². The average Bonchev–Trinajstić information content (AvgIpc) is 2.26. The molecule has 1 rings (SSSR count). The van der Waals surface area contributed by atoms with Crippen molar-refractivity contribution in [2.45, 2.75) is 52.5 Å². The zero-order valence-corrected chi connectivity index (χ0v) is 11.6. The molecule has 1 fully saturated rings. The van der Waals surface area contributed by atoms with Crippen molar-refractivity contribution in [2.24, 2.45) is 11.8 Å². The van der Waals surface area contributed by atoms with Gasteiger partial charge in [0.25, 0.3) is 0 Å². The molecule has 0 spiro atoms. The summed E-state index contributed by atoms with van der Waals surface area (Å²) in [6.07, 6.45) is 5.78. The molecule has 1 aliphatic rings. The van der Waals surface area contributed by atoms with Gasteiger partial charge in [-0.3, -0.25) is 0 Å². The van der Waals surface area contributed by atoms with Crippen LogP contribution < -0.4 is 5.32 Å². The molecule has 0 radical (unpaired) electrons. The molecule has 1 N–H and O–H groups in total. The summed E-state index contributed by atoms with van der Waals surface area (Å²) >= 11 is 0. The topological polar surface area (TPSA) is 15.3 Å². The SMILES string of the molecule is CC1CCCCC1CNCCN(C)C(C)C. The molecule has 0 bridgehead atoms. The summed E-state index contributed by atoms with van der Waals surface area (Å²) in [5.41, 5.74) is 0. The first-order chi connectivity index (χ1) is 7.61. The van der Waals surface area contributed by atoms with Gasteiger partial charge in [0.05, 0.1) is 0 Å². The molecule has 0 aromatic carbocycles. The highest BCUT2D eigenvalue weighted by atomic mass is 15.1. The first-order valence-electron chi connectivity index (χ1n) is 7.02. The van der Waals surface area contributed by atoms with Crippen LogP contribution >= 0.6 is 0 Å². The van der Waals surface area contributed by atoms with Crippen LogP contribution in [0.25, 0.3) is 0 Å². The Bertz CT molecular complexity index is 180. The molecular weight excluding hydrogens is 196 g/mol. The summed E-state index contributed by atoms with van der Waals surface area (Å²) in [5, 5.41) is 3.63. The lowest BCUT2D eigenvalue weighted by Gasteiger charge is -2.29. The summed E-state index contributed by atoms with van der Waals surface area (Å²) < 4.78 is 0. The van der Waals surface area contributed by atoms with Crippen LogP contribution in [0.2, 0.25) is 0 Å². The van der Waals surface area contributed by atoms with Gasteiger partial charge in [0.2, 0.25) is 0 Å². The van der Waals surface area contributed by atoms with Gasteiger partial charge in [0.1, 0.15) is 0 Å². The van der Waals surface area contributed by atoms with Gasteiger partial charge in [0, 0.05) is 19.1 Å². The number of nitrogens with zero attached hydrogens (tertiary/aromatic N) is 1. The van der Waals surface area contributed by atoms with Crippen molar-refractivity contribution in [3.63, 3.8) is 0 Å². The normalized spacial score (nSPS) is 26.6. The van der Waals surface area contributed by atoms with Crippen LogP contribution in [-0.4, -0.2) is 37.6 Å². The van der Waals surface area contributed by atoms with E-state index in [9.17, 15) is 0 Å². The smallest absolute Gasteiger partial charge is 0.0106 e. The van der Waals surface area contributed by atoms with E-state index >= 15 is 0 Å². The van der Waals surface area contributed by atoms with Crippen molar-refractivity contribution in [1.29, 1.82) is 0 Å². The molecule has 96 valence electrons. The van der Waals surface area contributed by atoms with Crippen molar-refractivity contribution in [2.75, 3.05) is 26.7 Å². The van der Waals surface area contributed by atoms with E-state index in [1.807, 2.05) is 0 Å². The molecule has 0 aromatic heterocycles. The van der Waals surface area contributed by atoms with Crippen molar-refractivity contribution in [3.8, 4) is 0 Å². The molecule has 2 nitrogen and oxygen atoms in total. The maximum atomic E-state index is 3.63. The Morgan fingerprint density at radius 3 is 2.56 bits per heavy atom. The molecule has 1 aliphatic carbocycles. The highest BCUT2D eigenvalue weighted by Crippen LogP contribution is 2.28. The molecule has 2 heteroatoms.